The van der Waals surface area contributed by atoms with Crippen molar-refractivity contribution in [3.63, 3.8) is 0 Å². The van der Waals surface area contributed by atoms with Crippen LogP contribution in [0.1, 0.15) is 22.3 Å². The van der Waals surface area contributed by atoms with Gasteiger partial charge in [0, 0.05) is 38.4 Å². The minimum absolute atomic E-state index is 0. The third-order valence-corrected chi connectivity index (χ3v) is 15.1. The molecule has 0 aliphatic carbocycles. The number of halogens is 12. The van der Waals surface area contributed by atoms with Gasteiger partial charge in [0.2, 0.25) is 0 Å². The molecule has 62 heavy (non-hydrogen) atoms. The van der Waals surface area contributed by atoms with Crippen molar-refractivity contribution in [1.82, 2.24) is 0 Å². The number of hydrogen-bond acceptors (Lipinski definition) is 5. The summed E-state index contributed by atoms with van der Waals surface area (Å²) in [6.45, 7) is 1.20. The van der Waals surface area contributed by atoms with Gasteiger partial charge >= 0.3 is 12.4 Å². The van der Waals surface area contributed by atoms with Crippen molar-refractivity contribution < 1.29 is 43.2 Å². The molecule has 0 aromatic heterocycles. The van der Waals surface area contributed by atoms with Gasteiger partial charge < -0.3 is 5.32 Å². The van der Waals surface area contributed by atoms with Gasteiger partial charge in [-0.25, -0.2) is 16.8 Å². The number of alkyl halides is 6. The lowest BCUT2D eigenvalue weighted by molar-refractivity contribution is -0.138. The lowest BCUT2D eigenvalue weighted by Gasteiger charge is -2.20. The van der Waals surface area contributed by atoms with Crippen LogP contribution in [0.5, 0.6) is 0 Å². The molecule has 0 spiro atoms. The number of fused-ring (bicyclic) bond motifs is 2. The second-order valence-electron chi connectivity index (χ2n) is 13.5. The average Bonchev–Trinajstić information content (AvgIpc) is 3.87. The summed E-state index contributed by atoms with van der Waals surface area (Å²) >= 11 is 18.1. The molecule has 328 valence electrons. The van der Waals surface area contributed by atoms with Crippen molar-refractivity contribution >= 4 is 109 Å². The van der Waals surface area contributed by atoms with Crippen molar-refractivity contribution in [2.75, 3.05) is 22.7 Å². The third-order valence-electron chi connectivity index (χ3n) is 9.49. The van der Waals surface area contributed by atoms with Gasteiger partial charge in [-0.1, -0.05) is 59.6 Å². The molecular weight excluding hydrogens is 1080 g/mol. The van der Waals surface area contributed by atoms with Crippen LogP contribution in [0.2, 0.25) is 10.0 Å². The fraction of sp³-hybridized carbons (Fsp3) is 0.143. The minimum atomic E-state index is -4.39. The van der Waals surface area contributed by atoms with Gasteiger partial charge in [-0.05, 0) is 163 Å². The zero-order valence-electron chi connectivity index (χ0n) is 31.3. The van der Waals surface area contributed by atoms with E-state index in [1.165, 1.54) is 64.5 Å². The molecule has 6 nitrogen and oxygen atoms in total. The molecule has 0 unspecified atom stereocenters. The highest BCUT2D eigenvalue weighted by atomic mass is 79.9. The van der Waals surface area contributed by atoms with E-state index in [1.54, 1.807) is 18.2 Å². The van der Waals surface area contributed by atoms with E-state index in [-0.39, 0.29) is 28.7 Å². The summed E-state index contributed by atoms with van der Waals surface area (Å²) < 4.78 is 126. The summed E-state index contributed by atoms with van der Waals surface area (Å²) in [7, 11) is -2.38. The van der Waals surface area contributed by atoms with Crippen LogP contribution in [-0.2, 0) is 44.3 Å². The van der Waals surface area contributed by atoms with Gasteiger partial charge in [-0.2, -0.15) is 26.3 Å². The van der Waals surface area contributed by atoms with Crippen molar-refractivity contribution in [3.8, 4) is 22.3 Å². The predicted molar refractivity (Wildman–Crippen MR) is 243 cm³/mol. The van der Waals surface area contributed by atoms with E-state index in [0.717, 1.165) is 65.2 Å². The highest BCUT2D eigenvalue weighted by molar-refractivity contribution is 9.10. The highest BCUT2D eigenvalue weighted by Crippen LogP contribution is 2.38. The van der Waals surface area contributed by atoms with Crippen LogP contribution in [0.15, 0.2) is 140 Å². The first-order valence-electron chi connectivity index (χ1n) is 17.7. The Hall–Kier alpha value is -3.48. The Balaban J connectivity index is 0.000000194. The van der Waals surface area contributed by atoms with E-state index < -0.39 is 42.6 Å². The van der Waals surface area contributed by atoms with Gasteiger partial charge in [0.1, 0.15) is 0 Å². The summed E-state index contributed by atoms with van der Waals surface area (Å²) in [5.41, 5.74) is 5.52. The van der Waals surface area contributed by atoms with E-state index >= 15 is 0 Å². The molecule has 1 N–H and O–H groups in total. The highest BCUT2D eigenvalue weighted by Gasteiger charge is 2.33. The Morgan fingerprint density at radius 2 is 1.02 bits per heavy atom. The van der Waals surface area contributed by atoms with Crippen molar-refractivity contribution in [2.45, 2.75) is 35.0 Å². The number of nitrogens with one attached hydrogen (secondary N) is 1. The average molecular weight is 1110 g/mol. The monoisotopic (exact) mass is 1100 g/mol. The van der Waals surface area contributed by atoms with Crippen molar-refractivity contribution in [2.24, 2.45) is 0 Å². The molecule has 0 amide bonds. The van der Waals surface area contributed by atoms with E-state index in [9.17, 15) is 43.2 Å². The van der Waals surface area contributed by atoms with Gasteiger partial charge in [-0.3, -0.25) is 4.31 Å². The first kappa shape index (κ1) is 49.5. The van der Waals surface area contributed by atoms with Crippen LogP contribution >= 0.6 is 78.2 Å². The lowest BCUT2D eigenvalue weighted by Crippen LogP contribution is -2.29. The lowest BCUT2D eigenvalue weighted by atomic mass is 10.0. The molecule has 8 rings (SSSR count). The maximum Gasteiger partial charge on any atom is 0.416 e. The molecule has 20 heteroatoms. The van der Waals surface area contributed by atoms with E-state index in [1.807, 2.05) is 24.3 Å². The summed E-state index contributed by atoms with van der Waals surface area (Å²) in [6, 6.07) is 30.0. The van der Waals surface area contributed by atoms with Gasteiger partial charge in [0.05, 0.1) is 36.7 Å². The maximum atomic E-state index is 13.1. The fourth-order valence-corrected chi connectivity index (χ4v) is 9.67. The quantitative estimate of drug-likeness (QED) is 0.137. The number of anilines is 2. The molecule has 0 radical (unpaired) electrons. The second-order valence-corrected chi connectivity index (χ2v) is 20.4. The molecule has 0 saturated carbocycles. The topological polar surface area (TPSA) is 83.5 Å². The van der Waals surface area contributed by atoms with Crippen LogP contribution < -0.4 is 9.62 Å². The molecule has 2 aliphatic heterocycles. The van der Waals surface area contributed by atoms with Crippen LogP contribution in [0.3, 0.4) is 0 Å². The largest absolute Gasteiger partial charge is 0.416 e. The Kier molecular flexibility index (Phi) is 15.8. The molecule has 6 aromatic rings. The fourth-order valence-electron chi connectivity index (χ4n) is 6.38. The summed E-state index contributed by atoms with van der Waals surface area (Å²) in [4.78, 5) is 0.0905. The van der Waals surface area contributed by atoms with Crippen molar-refractivity contribution in [3.05, 3.63) is 163 Å². The standard InChI is InChI=1S/C21H14BrClF3NO2S.C15H12F3N.C6H3BrCl2O2S.ClH/c22-18-7-6-17(12-19(18)23)30(28,29)27-10-9-15-11-14(3-8-20(15)27)13-1-4-16(5-2-13)21(24,25)26;16-15(17,18)13-4-1-10(2-5-13)11-3-6-14-12(9-11)7-8-19-14;7-5-2-1-4(3-6(5)8)12(9,10)11;/h1-8,11-12H,9-10H2;1-6,9,19H,7-8H2;1-3H;1H. The number of sulfonamides is 1. The zero-order chi connectivity index (χ0) is 44.5. The van der Waals surface area contributed by atoms with Crippen LogP contribution in [-0.4, -0.2) is 29.9 Å². The predicted octanol–water partition coefficient (Wildman–Crippen LogP) is 14.3. The Morgan fingerprint density at radius 1 is 0.565 bits per heavy atom. The first-order chi connectivity index (χ1) is 28.5. The minimum Gasteiger partial charge on any atom is -0.384 e. The third kappa shape index (κ3) is 11.8. The number of benzene rings is 6. The second kappa shape index (κ2) is 19.7. The Morgan fingerprint density at radius 3 is 1.50 bits per heavy atom. The molecule has 0 fully saturated rings. The normalized spacial score (nSPS) is 13.4. The maximum absolute atomic E-state index is 13.1. The van der Waals surface area contributed by atoms with E-state index in [0.29, 0.717) is 36.7 Å². The van der Waals surface area contributed by atoms with Crippen LogP contribution in [0, 0.1) is 0 Å². The van der Waals surface area contributed by atoms with Crippen LogP contribution in [0.4, 0.5) is 37.7 Å². The molecular formula is C42H30Br2Cl4F6N2O4S2. The van der Waals surface area contributed by atoms with Gasteiger partial charge in [-0.15, -0.1) is 12.4 Å². The number of nitrogens with zero attached hydrogens (tertiary/aromatic N) is 1. The molecule has 0 saturated heterocycles. The molecule has 6 aromatic carbocycles. The first-order valence-corrected chi connectivity index (χ1v) is 23.8. The van der Waals surface area contributed by atoms with E-state index in [2.05, 4.69) is 37.2 Å². The smallest absolute Gasteiger partial charge is 0.384 e. The summed E-state index contributed by atoms with van der Waals surface area (Å²) in [6.07, 6.45) is -7.20. The number of rotatable bonds is 5. The summed E-state index contributed by atoms with van der Waals surface area (Å²) in [5, 5.41) is 3.87. The molecule has 2 aliphatic rings. The van der Waals surface area contributed by atoms with Crippen LogP contribution in [0.25, 0.3) is 22.3 Å². The molecule has 2 heterocycles. The Labute approximate surface area is 391 Å². The zero-order valence-corrected chi connectivity index (χ0v) is 39.2. The van der Waals surface area contributed by atoms with E-state index in [4.69, 9.17) is 33.9 Å². The summed E-state index contributed by atoms with van der Waals surface area (Å²) in [5.74, 6) is 0. The van der Waals surface area contributed by atoms with Crippen molar-refractivity contribution in [1.29, 1.82) is 0 Å². The molecule has 0 bridgehead atoms. The molecule has 0 atom stereocenters. The van der Waals surface area contributed by atoms with Gasteiger partial charge in [0.25, 0.3) is 19.1 Å². The Bertz CT molecular complexity index is 2820. The SMILES string of the molecule is Cl.FC(F)(F)c1ccc(-c2ccc3c(c2)CCN3)cc1.O=S(=O)(Cl)c1ccc(Br)c(Cl)c1.O=S(=O)(c1ccc(Br)c(Cl)c1)N1CCc2cc(-c3ccc(C(F)(F)F)cc3)ccc21. The number of hydrogen-bond donors (Lipinski definition) is 1. The van der Waals surface area contributed by atoms with Gasteiger partial charge in [0.15, 0.2) is 0 Å².